The monoisotopic (exact) mass is 194 g/mol. The van der Waals surface area contributed by atoms with Crippen molar-refractivity contribution in [3.63, 3.8) is 0 Å². The average Bonchev–Trinajstić information content (AvgIpc) is 2.68. The molecule has 2 heteroatoms. The SMILES string of the molecule is C=CC(=O)OC1CC2CC1C(C)C2C. The molecule has 0 aliphatic heterocycles. The van der Waals surface area contributed by atoms with Crippen LogP contribution in [0.5, 0.6) is 0 Å². The number of rotatable bonds is 2. The van der Waals surface area contributed by atoms with Crippen LogP contribution in [0.3, 0.4) is 0 Å². The van der Waals surface area contributed by atoms with E-state index in [0.717, 1.165) is 18.3 Å². The van der Waals surface area contributed by atoms with Crippen LogP contribution in [0.4, 0.5) is 0 Å². The van der Waals surface area contributed by atoms with Crippen LogP contribution in [0.1, 0.15) is 26.7 Å². The summed E-state index contributed by atoms with van der Waals surface area (Å²) in [6, 6.07) is 0. The Morgan fingerprint density at radius 2 is 2.07 bits per heavy atom. The zero-order valence-electron chi connectivity index (χ0n) is 8.90. The fraction of sp³-hybridized carbons (Fsp3) is 0.750. The summed E-state index contributed by atoms with van der Waals surface area (Å²) < 4.78 is 5.36. The van der Waals surface area contributed by atoms with E-state index in [1.807, 2.05) is 0 Å². The molecule has 0 aromatic heterocycles. The first-order chi connectivity index (χ1) is 6.63. The summed E-state index contributed by atoms with van der Waals surface area (Å²) in [6.45, 7) is 8.03. The van der Waals surface area contributed by atoms with Crippen LogP contribution in [-0.2, 0) is 9.53 Å². The van der Waals surface area contributed by atoms with Gasteiger partial charge in [-0.2, -0.15) is 0 Å². The zero-order chi connectivity index (χ0) is 10.3. The highest BCUT2D eigenvalue weighted by Gasteiger charge is 2.50. The van der Waals surface area contributed by atoms with Crippen LogP contribution in [0, 0.1) is 23.7 Å². The normalized spacial score (nSPS) is 45.1. The van der Waals surface area contributed by atoms with Crippen molar-refractivity contribution in [3.8, 4) is 0 Å². The van der Waals surface area contributed by atoms with Gasteiger partial charge in [-0.1, -0.05) is 20.4 Å². The van der Waals surface area contributed by atoms with Crippen LogP contribution in [-0.4, -0.2) is 12.1 Å². The predicted molar refractivity (Wildman–Crippen MR) is 54.6 cm³/mol. The smallest absolute Gasteiger partial charge is 0.330 e. The summed E-state index contributed by atoms with van der Waals surface area (Å²) in [5.41, 5.74) is 0. The number of ether oxygens (including phenoxy) is 1. The minimum absolute atomic E-state index is 0.164. The second-order valence-electron chi connectivity index (χ2n) is 4.79. The number of hydrogen-bond acceptors (Lipinski definition) is 2. The lowest BCUT2D eigenvalue weighted by Crippen LogP contribution is -2.31. The van der Waals surface area contributed by atoms with Gasteiger partial charge in [0.05, 0.1) is 0 Å². The molecule has 2 rings (SSSR count). The van der Waals surface area contributed by atoms with Gasteiger partial charge < -0.3 is 4.74 Å². The molecule has 0 N–H and O–H groups in total. The van der Waals surface area contributed by atoms with Crippen molar-refractivity contribution < 1.29 is 9.53 Å². The van der Waals surface area contributed by atoms with E-state index < -0.39 is 0 Å². The Balaban J connectivity index is 1.99. The summed E-state index contributed by atoms with van der Waals surface area (Å²) in [6.07, 6.45) is 3.74. The van der Waals surface area contributed by atoms with E-state index in [2.05, 4.69) is 20.4 Å². The molecule has 2 nitrogen and oxygen atoms in total. The Kier molecular flexibility index (Phi) is 2.38. The van der Waals surface area contributed by atoms with E-state index in [4.69, 9.17) is 4.74 Å². The van der Waals surface area contributed by atoms with E-state index in [9.17, 15) is 4.79 Å². The number of carbonyl (C=O) groups excluding carboxylic acids is 1. The third-order valence-corrected chi connectivity index (χ3v) is 4.27. The molecule has 5 unspecified atom stereocenters. The lowest BCUT2D eigenvalue weighted by molar-refractivity contribution is -0.146. The summed E-state index contributed by atoms with van der Waals surface area (Å²) in [7, 11) is 0. The van der Waals surface area contributed by atoms with Crippen molar-refractivity contribution >= 4 is 5.97 Å². The molecule has 78 valence electrons. The minimum Gasteiger partial charge on any atom is -0.459 e. The fourth-order valence-corrected chi connectivity index (χ4v) is 3.21. The van der Waals surface area contributed by atoms with Crippen molar-refractivity contribution in [1.82, 2.24) is 0 Å². The highest BCUT2D eigenvalue weighted by molar-refractivity contribution is 5.81. The van der Waals surface area contributed by atoms with E-state index in [0.29, 0.717) is 11.8 Å². The van der Waals surface area contributed by atoms with Crippen molar-refractivity contribution in [1.29, 1.82) is 0 Å². The van der Waals surface area contributed by atoms with Gasteiger partial charge in [0, 0.05) is 6.08 Å². The maximum atomic E-state index is 11.1. The highest BCUT2D eigenvalue weighted by Crippen LogP contribution is 2.52. The quantitative estimate of drug-likeness (QED) is 0.498. The molecular weight excluding hydrogens is 176 g/mol. The van der Waals surface area contributed by atoms with Gasteiger partial charge in [0.1, 0.15) is 6.10 Å². The Bertz CT molecular complexity index is 257. The lowest BCUT2D eigenvalue weighted by Gasteiger charge is -2.31. The molecule has 14 heavy (non-hydrogen) atoms. The Labute approximate surface area is 85.3 Å². The van der Waals surface area contributed by atoms with Crippen LogP contribution in [0.2, 0.25) is 0 Å². The van der Waals surface area contributed by atoms with Crippen LogP contribution in [0.25, 0.3) is 0 Å². The van der Waals surface area contributed by atoms with Gasteiger partial charge in [-0.25, -0.2) is 4.79 Å². The van der Waals surface area contributed by atoms with E-state index in [1.54, 1.807) is 0 Å². The van der Waals surface area contributed by atoms with Crippen LogP contribution in [0.15, 0.2) is 12.7 Å². The maximum Gasteiger partial charge on any atom is 0.330 e. The maximum absolute atomic E-state index is 11.1. The predicted octanol–water partition coefficient (Wildman–Crippen LogP) is 2.40. The van der Waals surface area contributed by atoms with Crippen LogP contribution >= 0.6 is 0 Å². The Hall–Kier alpha value is -0.790. The van der Waals surface area contributed by atoms with E-state index in [1.165, 1.54) is 12.5 Å². The van der Waals surface area contributed by atoms with Gasteiger partial charge in [0.2, 0.25) is 0 Å². The van der Waals surface area contributed by atoms with Crippen molar-refractivity contribution in [2.75, 3.05) is 0 Å². The molecule has 0 spiro atoms. The molecular formula is C12H18O2. The standard InChI is InChI=1S/C12H18O2/c1-4-12(13)14-11-6-9-5-10(11)8(3)7(9)2/h4,7-11H,1,5-6H2,2-3H3. The molecule has 0 amide bonds. The third-order valence-electron chi connectivity index (χ3n) is 4.27. The molecule has 0 radical (unpaired) electrons. The molecule has 0 heterocycles. The van der Waals surface area contributed by atoms with Crippen LogP contribution < -0.4 is 0 Å². The van der Waals surface area contributed by atoms with E-state index in [-0.39, 0.29) is 12.1 Å². The molecule has 2 aliphatic carbocycles. The Morgan fingerprint density at radius 3 is 2.57 bits per heavy atom. The average molecular weight is 194 g/mol. The molecule has 0 aromatic rings. The zero-order valence-corrected chi connectivity index (χ0v) is 8.90. The minimum atomic E-state index is -0.262. The second-order valence-corrected chi connectivity index (χ2v) is 4.79. The van der Waals surface area contributed by atoms with Gasteiger partial charge in [0.25, 0.3) is 0 Å². The molecule has 2 aliphatic rings. The molecule has 0 saturated heterocycles. The lowest BCUT2D eigenvalue weighted by atomic mass is 9.80. The first-order valence-corrected chi connectivity index (χ1v) is 5.46. The number of hydrogen-bond donors (Lipinski definition) is 0. The summed E-state index contributed by atoms with van der Waals surface area (Å²) in [5.74, 6) is 2.62. The number of carbonyl (C=O) groups is 1. The molecule has 2 fully saturated rings. The number of esters is 1. The van der Waals surface area contributed by atoms with E-state index >= 15 is 0 Å². The third kappa shape index (κ3) is 1.37. The first-order valence-electron chi connectivity index (χ1n) is 5.46. The van der Waals surface area contributed by atoms with Gasteiger partial charge >= 0.3 is 5.97 Å². The number of fused-ring (bicyclic) bond motifs is 2. The van der Waals surface area contributed by atoms with Crippen molar-refractivity contribution in [2.45, 2.75) is 32.8 Å². The van der Waals surface area contributed by atoms with Gasteiger partial charge in [-0.3, -0.25) is 0 Å². The Morgan fingerprint density at radius 1 is 1.36 bits per heavy atom. The largest absolute Gasteiger partial charge is 0.459 e. The second kappa shape index (κ2) is 3.41. The molecule has 2 bridgehead atoms. The van der Waals surface area contributed by atoms with Crippen molar-refractivity contribution in [3.05, 3.63) is 12.7 Å². The van der Waals surface area contributed by atoms with Crippen molar-refractivity contribution in [2.24, 2.45) is 23.7 Å². The molecule has 0 aromatic carbocycles. The summed E-state index contributed by atoms with van der Waals surface area (Å²) in [5, 5.41) is 0. The van der Waals surface area contributed by atoms with Gasteiger partial charge in [-0.05, 0) is 36.5 Å². The topological polar surface area (TPSA) is 26.3 Å². The highest BCUT2D eigenvalue weighted by atomic mass is 16.5. The molecule has 5 atom stereocenters. The first kappa shape index (κ1) is 9.75. The fourth-order valence-electron chi connectivity index (χ4n) is 3.21. The summed E-state index contributed by atoms with van der Waals surface area (Å²) in [4.78, 5) is 11.1. The summed E-state index contributed by atoms with van der Waals surface area (Å²) >= 11 is 0. The van der Waals surface area contributed by atoms with Gasteiger partial charge in [0.15, 0.2) is 0 Å². The molecule has 2 saturated carbocycles. The van der Waals surface area contributed by atoms with Gasteiger partial charge in [-0.15, -0.1) is 0 Å².